The van der Waals surface area contributed by atoms with Crippen LogP contribution in [0.25, 0.3) is 21.1 Å². The first kappa shape index (κ1) is 22.3. The van der Waals surface area contributed by atoms with Crippen LogP contribution in [0.3, 0.4) is 0 Å². The van der Waals surface area contributed by atoms with Gasteiger partial charge in [0.1, 0.15) is 15.7 Å². The maximum absolute atomic E-state index is 11.4. The van der Waals surface area contributed by atoms with Crippen molar-refractivity contribution < 1.29 is 19.1 Å². The van der Waals surface area contributed by atoms with Crippen LogP contribution in [0.4, 0.5) is 22.3 Å². The van der Waals surface area contributed by atoms with E-state index in [9.17, 15) is 10.1 Å². The van der Waals surface area contributed by atoms with Gasteiger partial charge >= 0.3 is 0 Å². The van der Waals surface area contributed by atoms with Crippen molar-refractivity contribution in [2.24, 2.45) is 0 Å². The van der Waals surface area contributed by atoms with Crippen molar-refractivity contribution >= 4 is 45.0 Å². The predicted octanol–water partition coefficient (Wildman–Crippen LogP) is 5.19. The van der Waals surface area contributed by atoms with Crippen LogP contribution in [0.1, 0.15) is 0 Å². The van der Waals surface area contributed by atoms with E-state index in [1.807, 2.05) is 0 Å². The van der Waals surface area contributed by atoms with Crippen molar-refractivity contribution in [1.82, 2.24) is 9.97 Å². The number of nitro benzene ring substituents is 1. The zero-order chi connectivity index (χ0) is 23.5. The van der Waals surface area contributed by atoms with Gasteiger partial charge in [-0.1, -0.05) is 23.5 Å². The van der Waals surface area contributed by atoms with Crippen LogP contribution in [-0.2, 0) is 0 Å². The lowest BCUT2D eigenvalue weighted by molar-refractivity contribution is -0.384. The number of benzene rings is 2. The van der Waals surface area contributed by atoms with Gasteiger partial charge in [-0.25, -0.2) is 9.97 Å². The molecule has 3 N–H and O–H groups in total. The number of rotatable bonds is 8. The van der Waals surface area contributed by atoms with Crippen LogP contribution < -0.4 is 25.3 Å². The minimum atomic E-state index is -0.422. The average molecular weight is 486 g/mol. The lowest BCUT2D eigenvalue weighted by Gasteiger charge is -2.14. The molecule has 33 heavy (non-hydrogen) atoms. The van der Waals surface area contributed by atoms with Gasteiger partial charge in [0.05, 0.1) is 37.5 Å². The normalized spacial score (nSPS) is 10.6. The summed E-state index contributed by atoms with van der Waals surface area (Å²) in [6.45, 7) is 0. The monoisotopic (exact) mass is 485 g/mol. The van der Waals surface area contributed by atoms with Crippen LogP contribution in [0.15, 0.2) is 41.8 Å². The van der Waals surface area contributed by atoms with E-state index in [0.29, 0.717) is 55.0 Å². The first-order valence-electron chi connectivity index (χ1n) is 9.48. The number of nitro groups is 1. The molecule has 2 aromatic heterocycles. The van der Waals surface area contributed by atoms with Crippen molar-refractivity contribution in [3.63, 3.8) is 0 Å². The molecule has 0 aliphatic heterocycles. The van der Waals surface area contributed by atoms with Crippen molar-refractivity contribution in [3.05, 3.63) is 51.9 Å². The molecule has 0 spiro atoms. The van der Waals surface area contributed by atoms with E-state index < -0.39 is 4.92 Å². The fourth-order valence-electron chi connectivity index (χ4n) is 3.17. The van der Waals surface area contributed by atoms with Crippen LogP contribution in [0.2, 0.25) is 0 Å². The van der Waals surface area contributed by atoms with Gasteiger partial charge in [-0.05, 0) is 6.07 Å². The maximum Gasteiger partial charge on any atom is 0.278 e. The van der Waals surface area contributed by atoms with Crippen LogP contribution in [0, 0.1) is 10.1 Å². The first-order valence-corrected chi connectivity index (χ1v) is 11.2. The third-order valence-electron chi connectivity index (χ3n) is 4.64. The Morgan fingerprint density at radius 1 is 1.06 bits per heavy atom. The summed E-state index contributed by atoms with van der Waals surface area (Å²) in [6, 6.07) is 10.0. The number of ether oxygens (including phenoxy) is 3. The van der Waals surface area contributed by atoms with Crippen LogP contribution in [-0.4, -0.2) is 36.2 Å². The summed E-state index contributed by atoms with van der Waals surface area (Å²) >= 11 is 2.66. The van der Waals surface area contributed by atoms with Gasteiger partial charge in [-0.2, -0.15) is 0 Å². The number of nitrogens with one attached hydrogen (secondary N) is 1. The summed E-state index contributed by atoms with van der Waals surface area (Å²) in [5.74, 6) is 1.78. The fraction of sp³-hybridized carbons (Fsp3) is 0.143. The zero-order valence-electron chi connectivity index (χ0n) is 17.8. The smallest absolute Gasteiger partial charge is 0.278 e. The van der Waals surface area contributed by atoms with Crippen LogP contribution >= 0.6 is 22.7 Å². The molecular weight excluding hydrogens is 466 g/mol. The second kappa shape index (κ2) is 9.30. The lowest BCUT2D eigenvalue weighted by atomic mass is 10.1. The molecule has 0 saturated carbocycles. The number of anilines is 3. The highest BCUT2D eigenvalue weighted by Gasteiger charge is 2.20. The molecule has 170 valence electrons. The second-order valence-corrected chi connectivity index (χ2v) is 8.44. The topological polar surface area (TPSA) is 135 Å². The van der Waals surface area contributed by atoms with E-state index in [4.69, 9.17) is 19.9 Å². The quantitative estimate of drug-likeness (QED) is 0.255. The Bertz CT molecular complexity index is 1300. The lowest BCUT2D eigenvalue weighted by Crippen LogP contribution is -1.97. The first-order chi connectivity index (χ1) is 15.9. The Balaban J connectivity index is 1.64. The maximum atomic E-state index is 11.4. The third-order valence-corrected chi connectivity index (χ3v) is 6.63. The second-order valence-electron chi connectivity index (χ2n) is 6.58. The van der Waals surface area contributed by atoms with Gasteiger partial charge in [0.25, 0.3) is 5.69 Å². The molecule has 0 unspecified atom stereocenters. The number of para-hydroxylation sites is 1. The number of nitrogens with zero attached hydrogens (tertiary/aromatic N) is 3. The molecule has 0 radical (unpaired) electrons. The van der Waals surface area contributed by atoms with Crippen molar-refractivity contribution in [2.45, 2.75) is 0 Å². The summed E-state index contributed by atoms with van der Waals surface area (Å²) in [7, 11) is 4.61. The largest absolute Gasteiger partial charge is 0.493 e. The molecule has 2 aromatic carbocycles. The Labute approximate surface area is 196 Å². The highest BCUT2D eigenvalue weighted by atomic mass is 32.1. The minimum Gasteiger partial charge on any atom is -0.493 e. The predicted molar refractivity (Wildman–Crippen MR) is 129 cm³/mol. The molecule has 12 heteroatoms. The molecule has 0 aliphatic rings. The Morgan fingerprint density at radius 2 is 1.76 bits per heavy atom. The molecule has 0 aliphatic carbocycles. The van der Waals surface area contributed by atoms with Gasteiger partial charge in [-0.15, -0.1) is 11.3 Å². The van der Waals surface area contributed by atoms with Crippen molar-refractivity contribution in [1.29, 1.82) is 0 Å². The number of hydrogen-bond donors (Lipinski definition) is 2. The molecule has 0 amide bonds. The van der Waals surface area contributed by atoms with E-state index in [2.05, 4.69) is 15.3 Å². The SMILES string of the molecule is COc1cc(Nc2nc(N)c(-c3nc(-c4ccccc4[N+](=O)[O-])cs3)s2)cc(OC)c1OC. The van der Waals surface area contributed by atoms with E-state index in [-0.39, 0.29) is 5.69 Å². The number of thiazole rings is 2. The van der Waals surface area contributed by atoms with E-state index in [0.717, 1.165) is 0 Å². The summed E-state index contributed by atoms with van der Waals surface area (Å²) in [5.41, 5.74) is 7.78. The molecule has 2 heterocycles. The number of nitrogens with two attached hydrogens (primary N) is 1. The van der Waals surface area contributed by atoms with E-state index in [1.165, 1.54) is 50.1 Å². The van der Waals surface area contributed by atoms with Crippen molar-refractivity contribution in [2.75, 3.05) is 32.4 Å². The average Bonchev–Trinajstić information content (AvgIpc) is 3.44. The van der Waals surface area contributed by atoms with Gasteiger partial charge in [0.15, 0.2) is 16.6 Å². The molecule has 4 aromatic rings. The third kappa shape index (κ3) is 4.38. The summed E-state index contributed by atoms with van der Waals surface area (Å²) < 4.78 is 16.1. The van der Waals surface area contributed by atoms with E-state index in [1.54, 1.807) is 35.7 Å². The van der Waals surface area contributed by atoms with Gasteiger partial charge < -0.3 is 25.3 Å². The van der Waals surface area contributed by atoms with Gasteiger partial charge in [-0.3, -0.25) is 10.1 Å². The molecule has 4 rings (SSSR count). The summed E-state index contributed by atoms with van der Waals surface area (Å²) in [6.07, 6.45) is 0. The standard InChI is InChI=1S/C21H19N5O5S2/c1-29-15-8-11(9-16(30-2)17(15)31-3)23-21-25-19(22)18(33-21)20-24-13(10-32-20)12-6-4-5-7-14(12)26(27)28/h4-10H,22H2,1-3H3,(H,23,25). The minimum absolute atomic E-state index is 0.00335. The molecule has 0 bridgehead atoms. The highest BCUT2D eigenvalue weighted by Crippen LogP contribution is 2.43. The Hall–Kier alpha value is -3.90. The Morgan fingerprint density at radius 3 is 2.39 bits per heavy atom. The summed E-state index contributed by atoms with van der Waals surface area (Å²) in [4.78, 5) is 20.6. The summed E-state index contributed by atoms with van der Waals surface area (Å²) in [5, 5.41) is 17.5. The van der Waals surface area contributed by atoms with E-state index >= 15 is 0 Å². The number of methoxy groups -OCH3 is 3. The number of aromatic nitrogens is 2. The van der Waals surface area contributed by atoms with Crippen LogP contribution in [0.5, 0.6) is 17.2 Å². The molecule has 0 atom stereocenters. The zero-order valence-corrected chi connectivity index (χ0v) is 19.5. The number of nitrogen functional groups attached to an aromatic ring is 1. The molecule has 10 nitrogen and oxygen atoms in total. The fourth-order valence-corrected chi connectivity index (χ4v) is 4.99. The Kier molecular flexibility index (Phi) is 6.29. The molecule has 0 fully saturated rings. The van der Waals surface area contributed by atoms with Crippen molar-refractivity contribution in [3.8, 4) is 38.4 Å². The molecule has 0 saturated heterocycles. The number of hydrogen-bond acceptors (Lipinski definition) is 11. The van der Waals surface area contributed by atoms with Gasteiger partial charge in [0.2, 0.25) is 5.75 Å². The van der Waals surface area contributed by atoms with Gasteiger partial charge in [0, 0.05) is 29.3 Å². The molecular formula is C21H19N5O5S2. The highest BCUT2D eigenvalue weighted by molar-refractivity contribution is 7.23.